The van der Waals surface area contributed by atoms with Crippen LogP contribution < -0.4 is 0 Å². The van der Waals surface area contributed by atoms with Gasteiger partial charge in [0.05, 0.1) is 5.56 Å². The maximum absolute atomic E-state index is 11.5. The highest BCUT2D eigenvalue weighted by Crippen LogP contribution is 2.36. The van der Waals surface area contributed by atoms with Gasteiger partial charge in [0.15, 0.2) is 0 Å². The van der Waals surface area contributed by atoms with Gasteiger partial charge < -0.3 is 5.11 Å². The molecule has 0 amide bonds. The van der Waals surface area contributed by atoms with Gasteiger partial charge in [-0.2, -0.15) is 0 Å². The zero-order chi connectivity index (χ0) is 20.2. The van der Waals surface area contributed by atoms with Crippen LogP contribution >= 0.6 is 11.8 Å². The van der Waals surface area contributed by atoms with E-state index < -0.39 is 5.97 Å². The molecule has 5 heteroatoms. The third-order valence-electron chi connectivity index (χ3n) is 5.54. The molecule has 0 fully saturated rings. The van der Waals surface area contributed by atoms with Crippen LogP contribution in [0.3, 0.4) is 0 Å². The van der Waals surface area contributed by atoms with Crippen molar-refractivity contribution in [2.75, 3.05) is 13.6 Å². The molecule has 148 valence electrons. The van der Waals surface area contributed by atoms with Crippen LogP contribution in [0, 0.1) is 0 Å². The minimum absolute atomic E-state index is 0.288. The van der Waals surface area contributed by atoms with Crippen molar-refractivity contribution in [3.8, 4) is 0 Å². The smallest absolute Gasteiger partial charge is 0.336 e. The minimum Gasteiger partial charge on any atom is -0.478 e. The van der Waals surface area contributed by atoms with Gasteiger partial charge in [-0.1, -0.05) is 36.0 Å². The van der Waals surface area contributed by atoms with Gasteiger partial charge in [0, 0.05) is 34.8 Å². The van der Waals surface area contributed by atoms with Crippen LogP contribution in [0.15, 0.2) is 76.8 Å². The number of likely N-dealkylation sites (N-methyl/N-ethyl adjacent to an activating group) is 1. The zero-order valence-corrected chi connectivity index (χ0v) is 17.2. The van der Waals surface area contributed by atoms with Crippen LogP contribution in [0.1, 0.15) is 39.5 Å². The Hall–Kier alpha value is -2.63. The van der Waals surface area contributed by atoms with Gasteiger partial charge in [0.2, 0.25) is 0 Å². The Balaban J connectivity index is 1.53. The molecule has 1 N–H and O–H groups in total. The van der Waals surface area contributed by atoms with Crippen molar-refractivity contribution >= 4 is 17.7 Å². The molecule has 1 aliphatic heterocycles. The van der Waals surface area contributed by atoms with Crippen molar-refractivity contribution in [2.45, 2.75) is 35.1 Å². The Labute approximate surface area is 175 Å². The summed E-state index contributed by atoms with van der Waals surface area (Å²) in [5.41, 5.74) is 3.92. The molecule has 2 aromatic carbocycles. The Morgan fingerprint density at radius 2 is 2.00 bits per heavy atom. The van der Waals surface area contributed by atoms with E-state index >= 15 is 0 Å². The predicted molar refractivity (Wildman–Crippen MR) is 116 cm³/mol. The van der Waals surface area contributed by atoms with Crippen LogP contribution in [-0.4, -0.2) is 34.6 Å². The molecule has 0 spiro atoms. The fourth-order valence-corrected chi connectivity index (χ4v) is 4.91. The van der Waals surface area contributed by atoms with Crippen molar-refractivity contribution in [3.05, 3.63) is 89.2 Å². The summed E-state index contributed by atoms with van der Waals surface area (Å²) in [6.45, 7) is 1.01. The monoisotopic (exact) mass is 404 g/mol. The highest BCUT2D eigenvalue weighted by Gasteiger charge is 2.25. The van der Waals surface area contributed by atoms with E-state index in [2.05, 4.69) is 59.4 Å². The number of carboxylic acids is 1. The summed E-state index contributed by atoms with van der Waals surface area (Å²) < 4.78 is 0. The number of aromatic carboxylic acids is 1. The number of nitrogens with zero attached hydrogens (tertiary/aromatic N) is 2. The second-order valence-electron chi connectivity index (χ2n) is 7.40. The molecule has 1 aliphatic rings. The molecule has 29 heavy (non-hydrogen) atoms. The average molecular weight is 405 g/mol. The first-order valence-electron chi connectivity index (χ1n) is 9.84. The number of aryl methyl sites for hydroxylation is 1. The van der Waals surface area contributed by atoms with Crippen molar-refractivity contribution in [1.29, 1.82) is 0 Å². The van der Waals surface area contributed by atoms with Crippen molar-refractivity contribution in [2.24, 2.45) is 0 Å². The lowest BCUT2D eigenvalue weighted by Crippen LogP contribution is -2.32. The van der Waals surface area contributed by atoms with Gasteiger partial charge in [0.25, 0.3) is 0 Å². The summed E-state index contributed by atoms with van der Waals surface area (Å²) in [7, 11) is 2.15. The fraction of sp³-hybridized carbons (Fsp3) is 0.250. The van der Waals surface area contributed by atoms with Crippen molar-refractivity contribution < 1.29 is 9.90 Å². The number of carbonyl (C=O) groups is 1. The summed E-state index contributed by atoms with van der Waals surface area (Å²) in [4.78, 5) is 20.5. The van der Waals surface area contributed by atoms with E-state index in [1.54, 1.807) is 30.2 Å². The number of rotatable bonds is 6. The highest BCUT2D eigenvalue weighted by atomic mass is 32.2. The molecule has 0 saturated carbocycles. The summed E-state index contributed by atoms with van der Waals surface area (Å²) in [6, 6.07) is 19.1. The van der Waals surface area contributed by atoms with Crippen LogP contribution in [0.5, 0.6) is 0 Å². The molecule has 0 unspecified atom stereocenters. The van der Waals surface area contributed by atoms with E-state index in [1.165, 1.54) is 20.9 Å². The third kappa shape index (κ3) is 4.52. The minimum atomic E-state index is -0.887. The first kappa shape index (κ1) is 19.7. The molecule has 1 aromatic heterocycles. The Kier molecular flexibility index (Phi) is 5.97. The number of fused-ring (bicyclic) bond motifs is 1. The predicted octanol–water partition coefficient (Wildman–Crippen LogP) is 5.09. The van der Waals surface area contributed by atoms with E-state index in [0.29, 0.717) is 12.0 Å². The second kappa shape index (κ2) is 8.80. The lowest BCUT2D eigenvalue weighted by atomic mass is 9.89. The quantitative estimate of drug-likeness (QED) is 0.620. The molecular formula is C24H24N2O2S. The van der Waals surface area contributed by atoms with Gasteiger partial charge in [0.1, 0.15) is 0 Å². The van der Waals surface area contributed by atoms with Crippen molar-refractivity contribution in [1.82, 2.24) is 9.88 Å². The Bertz CT molecular complexity index is 1010. The molecule has 0 radical (unpaired) electrons. The van der Waals surface area contributed by atoms with Gasteiger partial charge in [-0.25, -0.2) is 4.79 Å². The van der Waals surface area contributed by atoms with Crippen molar-refractivity contribution in [3.63, 3.8) is 0 Å². The van der Waals surface area contributed by atoms with E-state index in [-0.39, 0.29) is 6.04 Å². The van der Waals surface area contributed by atoms with Gasteiger partial charge in [-0.15, -0.1) is 0 Å². The fourth-order valence-electron chi connectivity index (χ4n) is 4.01. The molecule has 0 bridgehead atoms. The molecule has 3 aromatic rings. The molecule has 1 atom stereocenters. The normalized spacial score (nSPS) is 16.4. The number of benzene rings is 2. The van der Waals surface area contributed by atoms with Gasteiger partial charge >= 0.3 is 5.97 Å². The van der Waals surface area contributed by atoms with E-state index in [9.17, 15) is 9.90 Å². The standard InChI is InChI=1S/C24H24N2O2S/c1-26-14-12-17-15-20(29-19-5-3-2-4-6-19)8-9-21(17)23(26)10-7-18-16-25-13-11-22(18)24(27)28/h2-6,8-9,11,13,15-16,23H,7,10,12,14H2,1H3,(H,27,28)/t23-/m0/s1. The first-order chi connectivity index (χ1) is 14.1. The largest absolute Gasteiger partial charge is 0.478 e. The number of hydrogen-bond donors (Lipinski definition) is 1. The van der Waals surface area contributed by atoms with Crippen LogP contribution in [0.4, 0.5) is 0 Å². The number of pyridine rings is 1. The Morgan fingerprint density at radius 1 is 1.17 bits per heavy atom. The zero-order valence-electron chi connectivity index (χ0n) is 16.4. The highest BCUT2D eigenvalue weighted by molar-refractivity contribution is 7.99. The molecule has 2 heterocycles. The van der Waals surface area contributed by atoms with E-state index in [1.807, 2.05) is 6.07 Å². The summed E-state index contributed by atoms with van der Waals surface area (Å²) in [6.07, 6.45) is 5.84. The van der Waals surface area contributed by atoms with E-state index in [0.717, 1.165) is 24.9 Å². The van der Waals surface area contributed by atoms with Gasteiger partial charge in [-0.3, -0.25) is 9.88 Å². The molecule has 4 nitrogen and oxygen atoms in total. The van der Waals surface area contributed by atoms with Crippen LogP contribution in [-0.2, 0) is 12.8 Å². The molecule has 0 saturated heterocycles. The van der Waals surface area contributed by atoms with Gasteiger partial charge in [-0.05, 0) is 73.3 Å². The van der Waals surface area contributed by atoms with E-state index in [4.69, 9.17) is 0 Å². The van der Waals surface area contributed by atoms with Crippen LogP contribution in [0.25, 0.3) is 0 Å². The number of hydrogen-bond acceptors (Lipinski definition) is 4. The topological polar surface area (TPSA) is 53.4 Å². The lowest BCUT2D eigenvalue weighted by molar-refractivity contribution is 0.0695. The average Bonchev–Trinajstić information content (AvgIpc) is 2.74. The second-order valence-corrected chi connectivity index (χ2v) is 8.55. The maximum Gasteiger partial charge on any atom is 0.336 e. The number of aromatic nitrogens is 1. The third-order valence-corrected chi connectivity index (χ3v) is 6.54. The first-order valence-corrected chi connectivity index (χ1v) is 10.7. The Morgan fingerprint density at radius 3 is 2.79 bits per heavy atom. The maximum atomic E-state index is 11.5. The number of carboxylic acid groups (broad SMARTS) is 1. The lowest BCUT2D eigenvalue weighted by Gasteiger charge is -2.35. The SMILES string of the molecule is CN1CCc2cc(Sc3ccccc3)ccc2[C@@H]1CCc1cnccc1C(=O)O. The molecule has 0 aliphatic carbocycles. The summed E-state index contributed by atoms with van der Waals surface area (Å²) in [5, 5.41) is 9.42. The molecule has 4 rings (SSSR count). The summed E-state index contributed by atoms with van der Waals surface area (Å²) >= 11 is 1.79. The summed E-state index contributed by atoms with van der Waals surface area (Å²) in [5.74, 6) is -0.887. The molecular weight excluding hydrogens is 380 g/mol. The van der Waals surface area contributed by atoms with Crippen LogP contribution in [0.2, 0.25) is 0 Å².